The van der Waals surface area contributed by atoms with Crippen molar-refractivity contribution in [1.82, 2.24) is 0 Å². The predicted octanol–water partition coefficient (Wildman–Crippen LogP) is 1.34. The number of ether oxygens (including phenoxy) is 1. The zero-order chi connectivity index (χ0) is 11.5. The molecule has 0 radical (unpaired) electrons. The highest BCUT2D eigenvalue weighted by Gasteiger charge is 2.23. The van der Waals surface area contributed by atoms with Gasteiger partial charge in [-0.25, -0.2) is 0 Å². The number of carbonyl (C=O) groups is 1. The van der Waals surface area contributed by atoms with Gasteiger partial charge in [-0.05, 0) is 25.1 Å². The average Bonchev–Trinajstić information content (AvgIpc) is 2.28. The monoisotopic (exact) mass is 217 g/mol. The van der Waals surface area contributed by atoms with E-state index in [1.807, 2.05) is 6.07 Å². The largest absolute Gasteiger partial charge is 0.479 e. The minimum Gasteiger partial charge on any atom is -0.479 e. The molecule has 2 N–H and O–H groups in total. The standard InChI is InChI=1S/C11H11N3O2/c1-7-11(15)14-9-6-8(13-5-4-12)2-3-10(9)16-7/h2-3,6-7,13H,5H2,1H3,(H,14,15). The van der Waals surface area contributed by atoms with Gasteiger partial charge in [-0.2, -0.15) is 5.26 Å². The summed E-state index contributed by atoms with van der Waals surface area (Å²) in [6.45, 7) is 1.92. The van der Waals surface area contributed by atoms with Crippen LogP contribution in [0.5, 0.6) is 5.75 Å². The summed E-state index contributed by atoms with van der Waals surface area (Å²) < 4.78 is 5.40. The van der Waals surface area contributed by atoms with E-state index >= 15 is 0 Å². The van der Waals surface area contributed by atoms with Gasteiger partial charge in [0, 0.05) is 5.69 Å². The van der Waals surface area contributed by atoms with Crippen LogP contribution in [0.4, 0.5) is 11.4 Å². The van der Waals surface area contributed by atoms with Crippen LogP contribution in [0.25, 0.3) is 0 Å². The maximum Gasteiger partial charge on any atom is 0.265 e. The van der Waals surface area contributed by atoms with Gasteiger partial charge in [0.05, 0.1) is 11.8 Å². The van der Waals surface area contributed by atoms with Gasteiger partial charge in [0.2, 0.25) is 0 Å². The van der Waals surface area contributed by atoms with Gasteiger partial charge >= 0.3 is 0 Å². The van der Waals surface area contributed by atoms with Crippen LogP contribution in [-0.2, 0) is 4.79 Å². The van der Waals surface area contributed by atoms with Crippen molar-refractivity contribution < 1.29 is 9.53 Å². The fraction of sp³-hybridized carbons (Fsp3) is 0.273. The van der Waals surface area contributed by atoms with Crippen molar-refractivity contribution in [2.45, 2.75) is 13.0 Å². The summed E-state index contributed by atoms with van der Waals surface area (Å²) >= 11 is 0. The molecule has 1 aromatic carbocycles. The second-order valence-corrected chi connectivity index (χ2v) is 3.47. The molecule has 1 aliphatic heterocycles. The van der Waals surface area contributed by atoms with Gasteiger partial charge in [-0.3, -0.25) is 4.79 Å². The van der Waals surface area contributed by atoms with Gasteiger partial charge in [0.25, 0.3) is 5.91 Å². The van der Waals surface area contributed by atoms with Crippen molar-refractivity contribution in [3.8, 4) is 11.8 Å². The second-order valence-electron chi connectivity index (χ2n) is 3.47. The molecule has 16 heavy (non-hydrogen) atoms. The Morgan fingerprint density at radius 2 is 2.44 bits per heavy atom. The van der Waals surface area contributed by atoms with Crippen LogP contribution in [-0.4, -0.2) is 18.6 Å². The number of carbonyl (C=O) groups excluding carboxylic acids is 1. The minimum atomic E-state index is -0.467. The Morgan fingerprint density at radius 1 is 1.62 bits per heavy atom. The predicted molar refractivity (Wildman–Crippen MR) is 59.3 cm³/mol. The summed E-state index contributed by atoms with van der Waals surface area (Å²) in [6.07, 6.45) is -0.467. The molecule has 5 nitrogen and oxygen atoms in total. The first kappa shape index (κ1) is 10.3. The zero-order valence-electron chi connectivity index (χ0n) is 8.78. The molecular weight excluding hydrogens is 206 g/mol. The molecule has 0 aromatic heterocycles. The van der Waals surface area contributed by atoms with E-state index in [-0.39, 0.29) is 12.5 Å². The van der Waals surface area contributed by atoms with E-state index in [1.165, 1.54) is 0 Å². The highest BCUT2D eigenvalue weighted by molar-refractivity contribution is 5.98. The summed E-state index contributed by atoms with van der Waals surface area (Å²) in [5.74, 6) is 0.486. The van der Waals surface area contributed by atoms with Crippen LogP contribution in [0, 0.1) is 11.3 Å². The number of nitrogens with zero attached hydrogens (tertiary/aromatic N) is 1. The summed E-state index contributed by atoms with van der Waals surface area (Å²) in [6, 6.07) is 7.30. The van der Waals surface area contributed by atoms with Gasteiger partial charge < -0.3 is 15.4 Å². The third-order valence-corrected chi connectivity index (χ3v) is 2.28. The Morgan fingerprint density at radius 3 is 3.19 bits per heavy atom. The molecule has 1 heterocycles. The van der Waals surface area contributed by atoms with Crippen molar-refractivity contribution in [1.29, 1.82) is 5.26 Å². The first-order valence-electron chi connectivity index (χ1n) is 4.93. The van der Waals surface area contributed by atoms with Crippen molar-refractivity contribution in [3.63, 3.8) is 0 Å². The third kappa shape index (κ3) is 1.91. The molecule has 1 atom stereocenters. The SMILES string of the molecule is CC1Oc2ccc(NCC#N)cc2NC1=O. The van der Waals surface area contributed by atoms with E-state index in [9.17, 15) is 4.79 Å². The van der Waals surface area contributed by atoms with Gasteiger partial charge in [0.1, 0.15) is 12.3 Å². The Bertz CT molecular complexity index is 465. The van der Waals surface area contributed by atoms with Crippen LogP contribution in [0.15, 0.2) is 18.2 Å². The number of hydrogen-bond donors (Lipinski definition) is 2. The third-order valence-electron chi connectivity index (χ3n) is 2.28. The molecule has 0 spiro atoms. The van der Waals surface area contributed by atoms with E-state index in [4.69, 9.17) is 10.00 Å². The van der Waals surface area contributed by atoms with Crippen LogP contribution < -0.4 is 15.4 Å². The maximum absolute atomic E-state index is 11.4. The lowest BCUT2D eigenvalue weighted by Crippen LogP contribution is -2.34. The molecule has 0 aliphatic carbocycles. The van der Waals surface area contributed by atoms with Crippen molar-refractivity contribution in [2.75, 3.05) is 17.2 Å². The first-order chi connectivity index (χ1) is 7.70. The Kier molecular flexibility index (Phi) is 2.64. The molecular formula is C11H11N3O2. The lowest BCUT2D eigenvalue weighted by molar-refractivity contribution is -0.122. The second kappa shape index (κ2) is 4.11. The Balaban J connectivity index is 2.23. The number of benzene rings is 1. The summed E-state index contributed by atoms with van der Waals surface area (Å²) in [5.41, 5.74) is 1.41. The topological polar surface area (TPSA) is 74.2 Å². The van der Waals surface area contributed by atoms with E-state index in [0.717, 1.165) is 5.69 Å². The van der Waals surface area contributed by atoms with Gasteiger partial charge in [0.15, 0.2) is 6.10 Å². The van der Waals surface area contributed by atoms with Gasteiger partial charge in [-0.15, -0.1) is 0 Å². The first-order valence-corrected chi connectivity index (χ1v) is 4.93. The molecule has 2 rings (SSSR count). The van der Waals surface area contributed by atoms with Crippen molar-refractivity contribution in [3.05, 3.63) is 18.2 Å². The number of anilines is 2. The zero-order valence-corrected chi connectivity index (χ0v) is 8.78. The Hall–Kier alpha value is -2.22. The molecule has 5 heteroatoms. The Labute approximate surface area is 93.0 Å². The van der Waals surface area contributed by atoms with E-state index in [2.05, 4.69) is 10.6 Å². The molecule has 1 unspecified atom stereocenters. The molecule has 0 fully saturated rings. The van der Waals surface area contributed by atoms with Crippen LogP contribution in [0.1, 0.15) is 6.92 Å². The quantitative estimate of drug-likeness (QED) is 0.733. The van der Waals surface area contributed by atoms with E-state index in [1.54, 1.807) is 25.1 Å². The van der Waals surface area contributed by atoms with Crippen LogP contribution in [0.3, 0.4) is 0 Å². The van der Waals surface area contributed by atoms with E-state index in [0.29, 0.717) is 11.4 Å². The lowest BCUT2D eigenvalue weighted by Gasteiger charge is -2.23. The van der Waals surface area contributed by atoms with E-state index < -0.39 is 6.10 Å². The van der Waals surface area contributed by atoms with Crippen LogP contribution in [0.2, 0.25) is 0 Å². The number of nitriles is 1. The molecule has 0 bridgehead atoms. The summed E-state index contributed by atoms with van der Waals surface area (Å²) in [7, 11) is 0. The average molecular weight is 217 g/mol. The normalized spacial score (nSPS) is 17.8. The molecule has 1 amide bonds. The number of nitrogens with one attached hydrogen (secondary N) is 2. The molecule has 82 valence electrons. The molecule has 1 aromatic rings. The smallest absolute Gasteiger partial charge is 0.265 e. The summed E-state index contributed by atoms with van der Waals surface area (Å²) in [5, 5.41) is 14.1. The molecule has 1 aliphatic rings. The number of hydrogen-bond acceptors (Lipinski definition) is 4. The fourth-order valence-electron chi connectivity index (χ4n) is 1.46. The number of amides is 1. The molecule has 0 saturated carbocycles. The number of rotatable bonds is 2. The van der Waals surface area contributed by atoms with Gasteiger partial charge in [-0.1, -0.05) is 0 Å². The number of fused-ring (bicyclic) bond motifs is 1. The minimum absolute atomic E-state index is 0.162. The maximum atomic E-state index is 11.4. The summed E-state index contributed by atoms with van der Waals surface area (Å²) in [4.78, 5) is 11.4. The highest BCUT2D eigenvalue weighted by atomic mass is 16.5. The van der Waals surface area contributed by atoms with Crippen LogP contribution >= 0.6 is 0 Å². The fourth-order valence-corrected chi connectivity index (χ4v) is 1.46. The highest BCUT2D eigenvalue weighted by Crippen LogP contribution is 2.31. The van der Waals surface area contributed by atoms with Crippen molar-refractivity contribution >= 4 is 17.3 Å². The molecule has 0 saturated heterocycles. The van der Waals surface area contributed by atoms with Crippen molar-refractivity contribution in [2.24, 2.45) is 0 Å². The lowest BCUT2D eigenvalue weighted by atomic mass is 10.2.